The molecule has 1 aliphatic heterocycles. The fourth-order valence-electron chi connectivity index (χ4n) is 2.24. The van der Waals surface area contributed by atoms with Crippen molar-refractivity contribution in [3.05, 3.63) is 45.5 Å². The van der Waals surface area contributed by atoms with Gasteiger partial charge in [-0.2, -0.15) is 0 Å². The van der Waals surface area contributed by atoms with Crippen molar-refractivity contribution in [2.45, 2.75) is 5.75 Å². The van der Waals surface area contributed by atoms with E-state index in [1.165, 1.54) is 23.3 Å². The number of rotatable bonds is 4. The number of non-ortho nitro benzene ring substituents is 1. The Labute approximate surface area is 124 Å². The normalized spacial score (nSPS) is 15.7. The molecule has 1 aromatic carbocycles. The third-order valence-electron chi connectivity index (χ3n) is 3.19. The lowest BCUT2D eigenvalue weighted by Crippen LogP contribution is -2.26. The van der Waals surface area contributed by atoms with Crippen LogP contribution in [0, 0.1) is 10.1 Å². The number of hydrogen-bond acceptors (Lipinski definition) is 4. The molecule has 1 amide bonds. The molecule has 0 spiro atoms. The molecule has 0 aromatic heterocycles. The average molecular weight is 310 g/mol. The number of carboxylic acid groups (broad SMARTS) is 1. The van der Waals surface area contributed by atoms with Crippen molar-refractivity contribution in [2.24, 2.45) is 0 Å². The highest BCUT2D eigenvalue weighted by Crippen LogP contribution is 2.28. The number of benzene rings is 1. The smallest absolute Gasteiger partial charge is 0.407 e. The predicted octanol–water partition coefficient (Wildman–Crippen LogP) is 1.85. The van der Waals surface area contributed by atoms with Crippen LogP contribution >= 0.6 is 0 Å². The Hall–Kier alpha value is -2.06. The monoisotopic (exact) mass is 310 g/mol. The van der Waals surface area contributed by atoms with Crippen LogP contribution in [0.3, 0.4) is 0 Å². The van der Waals surface area contributed by atoms with Crippen LogP contribution in [0.15, 0.2) is 24.3 Å². The van der Waals surface area contributed by atoms with E-state index in [9.17, 15) is 19.5 Å². The lowest BCUT2D eigenvalue weighted by molar-refractivity contribution is -0.384. The number of hydrogen-bond donors (Lipinski definition) is 1. The van der Waals surface area contributed by atoms with Crippen LogP contribution in [-0.4, -0.2) is 44.9 Å². The largest absolute Gasteiger partial charge is 0.616 e. The molecule has 1 unspecified atom stereocenters. The fraction of sp³-hybridized carbons (Fsp3) is 0.308. The van der Waals surface area contributed by atoms with E-state index in [0.717, 1.165) is 11.1 Å². The van der Waals surface area contributed by atoms with Gasteiger partial charge in [0.2, 0.25) is 0 Å². The lowest BCUT2D eigenvalue weighted by atomic mass is 10.0. The molecule has 2 rings (SSSR count). The number of nitro benzene ring substituents is 1. The van der Waals surface area contributed by atoms with Gasteiger partial charge in [0, 0.05) is 30.8 Å². The molecule has 7 nitrogen and oxygen atoms in total. The molecule has 8 heteroatoms. The van der Waals surface area contributed by atoms with Gasteiger partial charge in [0.05, 0.1) is 11.2 Å². The topological polar surface area (TPSA) is 107 Å². The van der Waals surface area contributed by atoms with Gasteiger partial charge in [-0.15, -0.1) is 0 Å². The van der Waals surface area contributed by atoms with Crippen LogP contribution in [0.25, 0.3) is 5.57 Å². The van der Waals surface area contributed by atoms with E-state index in [2.05, 4.69) is 0 Å². The zero-order chi connectivity index (χ0) is 15.6. The Morgan fingerprint density at radius 1 is 1.52 bits per heavy atom. The Balaban J connectivity index is 2.34. The van der Waals surface area contributed by atoms with Crippen molar-refractivity contribution >= 4 is 28.5 Å². The maximum atomic E-state index is 11.5. The zero-order valence-electron chi connectivity index (χ0n) is 11.3. The molecule has 1 aliphatic rings. The third kappa shape index (κ3) is 3.53. The lowest BCUT2D eigenvalue weighted by Gasteiger charge is -2.14. The quantitative estimate of drug-likeness (QED) is 0.519. The van der Waals surface area contributed by atoms with E-state index >= 15 is 0 Å². The summed E-state index contributed by atoms with van der Waals surface area (Å²) >= 11 is -1.15. The molecule has 0 bridgehead atoms. The van der Waals surface area contributed by atoms with Gasteiger partial charge in [-0.05, 0) is 17.2 Å². The maximum absolute atomic E-state index is 11.5. The van der Waals surface area contributed by atoms with Crippen molar-refractivity contribution < 1.29 is 19.4 Å². The van der Waals surface area contributed by atoms with E-state index in [1.54, 1.807) is 12.1 Å². The Morgan fingerprint density at radius 2 is 2.24 bits per heavy atom. The average Bonchev–Trinajstić information content (AvgIpc) is 2.87. The second kappa shape index (κ2) is 6.15. The van der Waals surface area contributed by atoms with Crippen LogP contribution in [0.1, 0.15) is 11.1 Å². The summed E-state index contributed by atoms with van der Waals surface area (Å²) in [4.78, 5) is 22.5. The van der Waals surface area contributed by atoms with Crippen LogP contribution in [0.2, 0.25) is 0 Å². The standard InChI is InChI=1S/C13H14N2O5S/c1-21(20)8-10-6-11(15(18)19)2-3-12(10)9-4-5-14(7-9)13(16)17/h2-4,6H,5,7-8H2,1H3,(H,16,17). The van der Waals surface area contributed by atoms with Gasteiger partial charge >= 0.3 is 6.09 Å². The first kappa shape index (κ1) is 15.3. The predicted molar refractivity (Wildman–Crippen MR) is 78.4 cm³/mol. The van der Waals surface area contributed by atoms with E-state index in [-0.39, 0.29) is 24.5 Å². The van der Waals surface area contributed by atoms with Crippen molar-refractivity contribution in [1.29, 1.82) is 0 Å². The molecular weight excluding hydrogens is 296 g/mol. The van der Waals surface area contributed by atoms with Gasteiger partial charge in [0.25, 0.3) is 5.69 Å². The summed E-state index contributed by atoms with van der Waals surface area (Å²) in [6, 6.07) is 4.38. The summed E-state index contributed by atoms with van der Waals surface area (Å²) in [5, 5.41) is 19.8. The summed E-state index contributed by atoms with van der Waals surface area (Å²) < 4.78 is 11.5. The van der Waals surface area contributed by atoms with E-state index in [4.69, 9.17) is 5.11 Å². The summed E-state index contributed by atoms with van der Waals surface area (Å²) in [7, 11) is 0. The zero-order valence-corrected chi connectivity index (χ0v) is 12.1. The first-order valence-electron chi connectivity index (χ1n) is 6.13. The van der Waals surface area contributed by atoms with E-state index in [1.807, 2.05) is 0 Å². The fourth-order valence-corrected chi connectivity index (χ4v) is 2.92. The SMILES string of the molecule is C[S+]([O-])Cc1cc([N+](=O)[O-])ccc1C1=CCN(C(=O)O)C1. The van der Waals surface area contributed by atoms with Gasteiger partial charge < -0.3 is 14.6 Å². The summed E-state index contributed by atoms with van der Waals surface area (Å²) in [5.74, 6) is 0.196. The molecule has 1 aromatic rings. The third-order valence-corrected chi connectivity index (χ3v) is 3.91. The van der Waals surface area contributed by atoms with Crippen LogP contribution < -0.4 is 0 Å². The highest BCUT2D eigenvalue weighted by Gasteiger charge is 2.23. The van der Waals surface area contributed by atoms with Crippen molar-refractivity contribution in [1.82, 2.24) is 4.90 Å². The molecule has 112 valence electrons. The summed E-state index contributed by atoms with van der Waals surface area (Å²) in [6.07, 6.45) is 2.29. The molecule has 0 radical (unpaired) electrons. The summed E-state index contributed by atoms with van der Waals surface area (Å²) in [6.45, 7) is 0.521. The molecule has 0 aliphatic carbocycles. The number of carbonyl (C=O) groups is 1. The van der Waals surface area contributed by atoms with Crippen LogP contribution in [-0.2, 0) is 16.9 Å². The van der Waals surface area contributed by atoms with E-state index < -0.39 is 22.2 Å². The molecule has 21 heavy (non-hydrogen) atoms. The minimum absolute atomic E-state index is 0.0621. The van der Waals surface area contributed by atoms with Gasteiger partial charge in [-0.3, -0.25) is 10.1 Å². The molecule has 0 saturated carbocycles. The van der Waals surface area contributed by atoms with Gasteiger partial charge in [-0.1, -0.05) is 17.3 Å². The number of nitro groups is 1. The molecule has 1 N–H and O–H groups in total. The Morgan fingerprint density at radius 3 is 2.76 bits per heavy atom. The highest BCUT2D eigenvalue weighted by molar-refractivity contribution is 7.89. The maximum Gasteiger partial charge on any atom is 0.407 e. The van der Waals surface area contributed by atoms with Gasteiger partial charge in [0.1, 0.15) is 5.75 Å². The van der Waals surface area contributed by atoms with Gasteiger partial charge in [0.15, 0.2) is 0 Å². The number of nitrogens with zero attached hydrogens (tertiary/aromatic N) is 2. The van der Waals surface area contributed by atoms with Crippen molar-refractivity contribution in [3.8, 4) is 0 Å². The molecule has 1 atom stereocenters. The minimum Gasteiger partial charge on any atom is -0.616 e. The Kier molecular flexibility index (Phi) is 4.49. The van der Waals surface area contributed by atoms with Crippen LogP contribution in [0.4, 0.5) is 10.5 Å². The first-order valence-corrected chi connectivity index (χ1v) is 7.86. The van der Waals surface area contributed by atoms with Crippen LogP contribution in [0.5, 0.6) is 0 Å². The molecule has 0 saturated heterocycles. The number of amides is 1. The van der Waals surface area contributed by atoms with E-state index in [0.29, 0.717) is 5.56 Å². The van der Waals surface area contributed by atoms with Crippen molar-refractivity contribution in [2.75, 3.05) is 19.3 Å². The molecule has 0 fully saturated rings. The van der Waals surface area contributed by atoms with Crippen molar-refractivity contribution in [3.63, 3.8) is 0 Å². The second-order valence-corrected chi connectivity index (χ2v) is 6.14. The highest BCUT2D eigenvalue weighted by atomic mass is 32.2. The first-order chi connectivity index (χ1) is 9.88. The minimum atomic E-state index is -1.15. The van der Waals surface area contributed by atoms with Gasteiger partial charge in [-0.25, -0.2) is 4.79 Å². The second-order valence-electron chi connectivity index (χ2n) is 4.71. The summed E-state index contributed by atoms with van der Waals surface area (Å²) in [5.41, 5.74) is 2.05. The molecule has 1 heterocycles. The molecular formula is C13H14N2O5S. The Bertz CT molecular complexity index is 615.